The normalized spacial score (nSPS) is 15.3. The van der Waals surface area contributed by atoms with E-state index in [1.807, 2.05) is 43.3 Å². The van der Waals surface area contributed by atoms with Gasteiger partial charge in [-0.15, -0.1) is 0 Å². The van der Waals surface area contributed by atoms with Crippen molar-refractivity contribution in [1.29, 1.82) is 0 Å². The van der Waals surface area contributed by atoms with Gasteiger partial charge < -0.3 is 9.84 Å². The minimum atomic E-state index is 0.00453. The van der Waals surface area contributed by atoms with Crippen molar-refractivity contribution in [3.8, 4) is 0 Å². The number of benzene rings is 1. The fourth-order valence-electron chi connectivity index (χ4n) is 3.59. The Morgan fingerprint density at radius 3 is 2.66 bits per heavy atom. The molecule has 2 aromatic heterocycles. The molecular formula is C22H25N5O2. The number of likely N-dealkylation sites (tertiary alicyclic amines) is 1. The SMILES string of the molecule is Cc1cccc(NC(=O)C2CCN(Cc3nc(Cc4ccccc4)no3)CC2)n1. The summed E-state index contributed by atoms with van der Waals surface area (Å²) < 4.78 is 5.41. The molecular weight excluding hydrogens is 366 g/mol. The molecule has 0 spiro atoms. The molecule has 0 unspecified atom stereocenters. The lowest BCUT2D eigenvalue weighted by molar-refractivity contribution is -0.121. The third-order valence-corrected chi connectivity index (χ3v) is 5.17. The highest BCUT2D eigenvalue weighted by molar-refractivity contribution is 5.91. The van der Waals surface area contributed by atoms with Crippen LogP contribution in [0.3, 0.4) is 0 Å². The number of hydrogen-bond acceptors (Lipinski definition) is 6. The minimum Gasteiger partial charge on any atom is -0.338 e. The summed E-state index contributed by atoms with van der Waals surface area (Å²) in [6, 6.07) is 15.7. The molecule has 0 radical (unpaired) electrons. The van der Waals surface area contributed by atoms with Gasteiger partial charge in [-0.05, 0) is 50.6 Å². The zero-order valence-electron chi connectivity index (χ0n) is 16.5. The molecule has 1 saturated heterocycles. The number of pyridine rings is 1. The van der Waals surface area contributed by atoms with Crippen molar-refractivity contribution < 1.29 is 9.32 Å². The van der Waals surface area contributed by atoms with Crippen molar-refractivity contribution in [2.75, 3.05) is 18.4 Å². The van der Waals surface area contributed by atoms with E-state index in [4.69, 9.17) is 4.52 Å². The lowest BCUT2D eigenvalue weighted by atomic mass is 9.96. The van der Waals surface area contributed by atoms with Crippen LogP contribution in [0.5, 0.6) is 0 Å². The van der Waals surface area contributed by atoms with Crippen LogP contribution in [-0.4, -0.2) is 39.0 Å². The zero-order chi connectivity index (χ0) is 20.1. The summed E-state index contributed by atoms with van der Waals surface area (Å²) in [5.74, 6) is 2.00. The summed E-state index contributed by atoms with van der Waals surface area (Å²) >= 11 is 0. The maximum Gasteiger partial charge on any atom is 0.240 e. The molecule has 1 aromatic carbocycles. The summed E-state index contributed by atoms with van der Waals surface area (Å²) in [6.45, 7) is 4.19. The third kappa shape index (κ3) is 5.26. The zero-order valence-corrected chi connectivity index (χ0v) is 16.5. The number of amides is 1. The Bertz CT molecular complexity index is 949. The van der Waals surface area contributed by atoms with Crippen molar-refractivity contribution in [3.63, 3.8) is 0 Å². The maximum absolute atomic E-state index is 12.5. The Kier molecular flexibility index (Phi) is 5.95. The van der Waals surface area contributed by atoms with Gasteiger partial charge >= 0.3 is 0 Å². The second-order valence-electron chi connectivity index (χ2n) is 7.47. The summed E-state index contributed by atoms with van der Waals surface area (Å²) in [7, 11) is 0. The van der Waals surface area contributed by atoms with Crippen molar-refractivity contribution in [1.82, 2.24) is 20.0 Å². The van der Waals surface area contributed by atoms with E-state index in [0.717, 1.165) is 37.2 Å². The first-order chi connectivity index (χ1) is 14.2. The van der Waals surface area contributed by atoms with Gasteiger partial charge in [-0.3, -0.25) is 9.69 Å². The van der Waals surface area contributed by atoms with Crippen molar-refractivity contribution in [2.45, 2.75) is 32.7 Å². The van der Waals surface area contributed by atoms with Crippen LogP contribution in [0.2, 0.25) is 0 Å². The predicted molar refractivity (Wildman–Crippen MR) is 109 cm³/mol. The van der Waals surface area contributed by atoms with Crippen LogP contribution in [0.25, 0.3) is 0 Å². The van der Waals surface area contributed by atoms with E-state index < -0.39 is 0 Å². The van der Waals surface area contributed by atoms with Gasteiger partial charge in [0, 0.05) is 18.0 Å². The number of nitrogens with one attached hydrogen (secondary N) is 1. The smallest absolute Gasteiger partial charge is 0.240 e. The number of carbonyl (C=O) groups excluding carboxylic acids is 1. The first-order valence-electron chi connectivity index (χ1n) is 9.98. The van der Waals surface area contributed by atoms with Crippen molar-refractivity contribution in [2.24, 2.45) is 5.92 Å². The Morgan fingerprint density at radius 2 is 1.90 bits per heavy atom. The Morgan fingerprint density at radius 1 is 1.10 bits per heavy atom. The number of piperidine rings is 1. The van der Waals surface area contributed by atoms with Gasteiger partial charge in [-0.25, -0.2) is 4.98 Å². The lowest BCUT2D eigenvalue weighted by Gasteiger charge is -2.30. The van der Waals surface area contributed by atoms with E-state index in [2.05, 4.69) is 37.5 Å². The van der Waals surface area contributed by atoms with Gasteiger partial charge in [0.15, 0.2) is 5.82 Å². The average molecular weight is 391 g/mol. The number of rotatable bonds is 6. The monoisotopic (exact) mass is 391 g/mol. The molecule has 7 heteroatoms. The molecule has 3 heterocycles. The number of aryl methyl sites for hydroxylation is 1. The molecule has 1 N–H and O–H groups in total. The second kappa shape index (κ2) is 8.96. The fraction of sp³-hybridized carbons (Fsp3) is 0.364. The van der Waals surface area contributed by atoms with Crippen LogP contribution in [0.1, 0.15) is 35.8 Å². The minimum absolute atomic E-state index is 0.00453. The maximum atomic E-state index is 12.5. The molecule has 3 aromatic rings. The Hall–Kier alpha value is -3.06. The second-order valence-corrected chi connectivity index (χ2v) is 7.47. The van der Waals surface area contributed by atoms with Crippen LogP contribution in [0.15, 0.2) is 53.1 Å². The molecule has 0 bridgehead atoms. The molecule has 0 aliphatic carbocycles. The highest BCUT2D eigenvalue weighted by Gasteiger charge is 2.26. The Balaban J connectivity index is 1.25. The molecule has 1 aliphatic rings. The number of carbonyl (C=O) groups is 1. The standard InChI is InChI=1S/C22H25N5O2/c1-16-6-5-9-19(23-16)25-22(28)18-10-12-27(13-11-18)15-21-24-20(26-29-21)14-17-7-3-2-4-8-17/h2-9,18H,10-15H2,1H3,(H,23,25,28). The van der Waals surface area contributed by atoms with Gasteiger partial charge in [-0.2, -0.15) is 4.98 Å². The van der Waals surface area contributed by atoms with E-state index in [0.29, 0.717) is 30.5 Å². The molecule has 150 valence electrons. The predicted octanol–water partition coefficient (Wildman–Crippen LogP) is 3.21. The fourth-order valence-corrected chi connectivity index (χ4v) is 3.59. The van der Waals surface area contributed by atoms with Crippen molar-refractivity contribution in [3.05, 3.63) is 71.5 Å². The molecule has 0 saturated carbocycles. The van der Waals surface area contributed by atoms with Gasteiger partial charge in [0.1, 0.15) is 5.82 Å². The lowest BCUT2D eigenvalue weighted by Crippen LogP contribution is -2.37. The molecule has 7 nitrogen and oxygen atoms in total. The summed E-state index contributed by atoms with van der Waals surface area (Å²) in [6.07, 6.45) is 2.28. The molecule has 1 fully saturated rings. The first-order valence-corrected chi connectivity index (χ1v) is 9.98. The van der Waals surface area contributed by atoms with Crippen LogP contribution < -0.4 is 5.32 Å². The largest absolute Gasteiger partial charge is 0.338 e. The highest BCUT2D eigenvalue weighted by Crippen LogP contribution is 2.20. The van der Waals surface area contributed by atoms with E-state index >= 15 is 0 Å². The van der Waals surface area contributed by atoms with Gasteiger partial charge in [0.25, 0.3) is 0 Å². The summed E-state index contributed by atoms with van der Waals surface area (Å²) in [4.78, 5) is 23.6. The van der Waals surface area contributed by atoms with Gasteiger partial charge in [0.05, 0.1) is 6.54 Å². The number of hydrogen-bond donors (Lipinski definition) is 1. The van der Waals surface area contributed by atoms with Crippen LogP contribution in [0.4, 0.5) is 5.82 Å². The summed E-state index contributed by atoms with van der Waals surface area (Å²) in [5, 5.41) is 7.02. The van der Waals surface area contributed by atoms with Crippen LogP contribution in [0, 0.1) is 12.8 Å². The molecule has 4 rings (SSSR count). The van der Waals surface area contributed by atoms with Gasteiger partial charge in [-0.1, -0.05) is 41.6 Å². The molecule has 0 atom stereocenters. The summed E-state index contributed by atoms with van der Waals surface area (Å²) in [5.41, 5.74) is 2.05. The number of anilines is 1. The third-order valence-electron chi connectivity index (χ3n) is 5.17. The quantitative estimate of drug-likeness (QED) is 0.695. The topological polar surface area (TPSA) is 84.2 Å². The molecule has 1 amide bonds. The van der Waals surface area contributed by atoms with E-state index in [1.54, 1.807) is 0 Å². The molecule has 29 heavy (non-hydrogen) atoms. The van der Waals surface area contributed by atoms with Gasteiger partial charge in [0.2, 0.25) is 11.8 Å². The van der Waals surface area contributed by atoms with Crippen LogP contribution in [-0.2, 0) is 17.8 Å². The van der Waals surface area contributed by atoms with Crippen LogP contribution >= 0.6 is 0 Å². The Labute approximate surface area is 170 Å². The van der Waals surface area contributed by atoms with Crippen molar-refractivity contribution >= 4 is 11.7 Å². The van der Waals surface area contributed by atoms with E-state index in [9.17, 15) is 4.79 Å². The van der Waals surface area contributed by atoms with E-state index in [-0.39, 0.29) is 11.8 Å². The average Bonchev–Trinajstić information content (AvgIpc) is 3.16. The number of aromatic nitrogens is 3. The highest BCUT2D eigenvalue weighted by atomic mass is 16.5. The first kappa shape index (κ1) is 19.3. The number of nitrogens with zero attached hydrogens (tertiary/aromatic N) is 4. The van der Waals surface area contributed by atoms with E-state index in [1.165, 1.54) is 0 Å². The molecule has 1 aliphatic heterocycles.